The van der Waals surface area contributed by atoms with E-state index in [0.29, 0.717) is 0 Å². The third-order valence-electron chi connectivity index (χ3n) is 3.62. The normalized spacial score (nSPS) is 15.8. The molecule has 1 N–H and O–H groups in total. The highest BCUT2D eigenvalue weighted by Crippen LogP contribution is 2.35. The number of nitrogens with one attached hydrogen (secondary N) is 1. The van der Waals surface area contributed by atoms with Gasteiger partial charge in [0.2, 0.25) is 0 Å². The van der Waals surface area contributed by atoms with Crippen molar-refractivity contribution in [2.45, 2.75) is 56.6 Å². The lowest BCUT2D eigenvalue weighted by molar-refractivity contribution is -0.385. The van der Waals surface area contributed by atoms with E-state index in [1.807, 2.05) is 0 Å². The van der Waals surface area contributed by atoms with Gasteiger partial charge in [-0.15, -0.1) is 11.8 Å². The Morgan fingerprint density at radius 2 is 1.88 bits per heavy atom. The number of nitro benzene ring substituents is 1. The summed E-state index contributed by atoms with van der Waals surface area (Å²) in [6.07, 6.45) is 0. The molecule has 0 aliphatic rings. The third kappa shape index (κ3) is 5.76. The number of thioether (sulfide) groups is 1. The zero-order valence-electron chi connectivity index (χ0n) is 15.8. The Kier molecular flexibility index (Phi) is 6.96. The van der Waals surface area contributed by atoms with Crippen LogP contribution in [0.25, 0.3) is 0 Å². The SMILES string of the molecule is CC(C)(C#N)SC[C@@](C)(N[S@@](=O)C(C)(C)C)c1cc([N+](=O)[O-])ccc1F. The van der Waals surface area contributed by atoms with Crippen molar-refractivity contribution in [1.29, 1.82) is 5.26 Å². The van der Waals surface area contributed by atoms with Crippen LogP contribution in [0.2, 0.25) is 0 Å². The molecule has 0 bridgehead atoms. The molecule has 9 heteroatoms. The molecule has 0 unspecified atom stereocenters. The lowest BCUT2D eigenvalue weighted by Gasteiger charge is -2.35. The Hall–Kier alpha value is -1.50. The molecule has 2 atom stereocenters. The van der Waals surface area contributed by atoms with Crippen molar-refractivity contribution in [3.05, 3.63) is 39.7 Å². The van der Waals surface area contributed by atoms with E-state index in [-0.39, 0.29) is 17.0 Å². The molecule has 0 heterocycles. The molecule has 1 rings (SSSR count). The van der Waals surface area contributed by atoms with E-state index in [4.69, 9.17) is 0 Å². The number of rotatable bonds is 7. The van der Waals surface area contributed by atoms with E-state index in [1.165, 1.54) is 11.8 Å². The summed E-state index contributed by atoms with van der Waals surface area (Å²) < 4.78 is 28.8. The van der Waals surface area contributed by atoms with Gasteiger partial charge in [-0.1, -0.05) is 0 Å². The van der Waals surface area contributed by atoms with Crippen LogP contribution in [-0.4, -0.2) is 24.4 Å². The lowest BCUT2D eigenvalue weighted by atomic mass is 9.94. The van der Waals surface area contributed by atoms with E-state index in [0.717, 1.165) is 18.2 Å². The molecule has 0 aromatic heterocycles. The first-order valence-electron chi connectivity index (χ1n) is 7.91. The van der Waals surface area contributed by atoms with Crippen LogP contribution in [0, 0.1) is 27.3 Å². The predicted octanol–water partition coefficient (Wildman–Crippen LogP) is 4.04. The summed E-state index contributed by atoms with van der Waals surface area (Å²) >= 11 is 1.26. The fourth-order valence-electron chi connectivity index (χ4n) is 1.93. The van der Waals surface area contributed by atoms with Gasteiger partial charge >= 0.3 is 0 Å². The summed E-state index contributed by atoms with van der Waals surface area (Å²) in [5.41, 5.74) is -1.38. The molecule has 0 saturated heterocycles. The quantitative estimate of drug-likeness (QED) is 0.549. The van der Waals surface area contributed by atoms with Crippen molar-refractivity contribution in [1.82, 2.24) is 4.72 Å². The lowest BCUT2D eigenvalue weighted by Crippen LogP contribution is -2.48. The van der Waals surface area contributed by atoms with Crippen molar-refractivity contribution < 1.29 is 13.5 Å². The van der Waals surface area contributed by atoms with Crippen molar-refractivity contribution in [2.24, 2.45) is 0 Å². The fraction of sp³-hybridized carbons (Fsp3) is 0.588. The molecule has 6 nitrogen and oxygen atoms in total. The minimum Gasteiger partial charge on any atom is -0.258 e. The molecule has 26 heavy (non-hydrogen) atoms. The summed E-state index contributed by atoms with van der Waals surface area (Å²) in [7, 11) is -1.55. The van der Waals surface area contributed by atoms with Crippen LogP contribution in [0.15, 0.2) is 18.2 Å². The van der Waals surface area contributed by atoms with Gasteiger partial charge in [0.05, 0.1) is 37.0 Å². The summed E-state index contributed by atoms with van der Waals surface area (Å²) in [6, 6.07) is 5.43. The van der Waals surface area contributed by atoms with Gasteiger partial charge in [-0.05, 0) is 47.6 Å². The molecule has 1 aromatic carbocycles. The van der Waals surface area contributed by atoms with E-state index in [1.54, 1.807) is 41.5 Å². The van der Waals surface area contributed by atoms with E-state index in [9.17, 15) is 24.0 Å². The molecular weight excluding hydrogens is 377 g/mol. The summed E-state index contributed by atoms with van der Waals surface area (Å²) in [6.45, 7) is 10.4. The van der Waals surface area contributed by atoms with Gasteiger partial charge < -0.3 is 0 Å². The Morgan fingerprint density at radius 1 is 1.31 bits per heavy atom. The highest BCUT2D eigenvalue weighted by molar-refractivity contribution is 8.00. The fourth-order valence-corrected chi connectivity index (χ4v) is 3.86. The second-order valence-corrected chi connectivity index (χ2v) is 11.2. The number of non-ortho nitro benzene ring substituents is 1. The zero-order valence-corrected chi connectivity index (χ0v) is 17.4. The predicted molar refractivity (Wildman–Crippen MR) is 104 cm³/mol. The molecule has 0 radical (unpaired) electrons. The van der Waals surface area contributed by atoms with Gasteiger partial charge in [0.25, 0.3) is 5.69 Å². The topological polar surface area (TPSA) is 96.0 Å². The van der Waals surface area contributed by atoms with Gasteiger partial charge in [0, 0.05) is 23.4 Å². The molecule has 0 spiro atoms. The molecule has 1 aromatic rings. The number of nitrogens with zero attached hydrogens (tertiary/aromatic N) is 2. The van der Waals surface area contributed by atoms with Crippen LogP contribution >= 0.6 is 11.8 Å². The van der Waals surface area contributed by atoms with E-state index >= 15 is 0 Å². The van der Waals surface area contributed by atoms with Gasteiger partial charge in [-0.25, -0.2) is 13.3 Å². The highest BCUT2D eigenvalue weighted by Gasteiger charge is 2.37. The van der Waals surface area contributed by atoms with Crippen molar-refractivity contribution in [3.8, 4) is 6.07 Å². The minimum atomic E-state index is -1.55. The minimum absolute atomic E-state index is 0.0468. The third-order valence-corrected chi connectivity index (χ3v) is 6.90. The standard InChI is InChI=1S/C17H24FN3O3S2/c1-15(2,3)26(24)20-17(6,11-25-16(4,5)10-19)13-9-12(21(22)23)7-8-14(13)18/h7-9,20H,11H2,1-6H3/t17-,26+/m1/s1. The zero-order chi connectivity index (χ0) is 20.3. The Balaban J connectivity index is 3.40. The first-order chi connectivity index (χ1) is 11.7. The number of nitriles is 1. The van der Waals surface area contributed by atoms with Crippen LogP contribution in [0.4, 0.5) is 10.1 Å². The van der Waals surface area contributed by atoms with Crippen LogP contribution in [0.1, 0.15) is 47.1 Å². The number of benzene rings is 1. The number of hydrogen-bond acceptors (Lipinski definition) is 5. The maximum absolute atomic E-state index is 14.5. The summed E-state index contributed by atoms with van der Waals surface area (Å²) in [5.74, 6) is -0.431. The molecule has 144 valence electrons. The summed E-state index contributed by atoms with van der Waals surface area (Å²) in [5, 5.41) is 20.3. The Bertz CT molecular complexity index is 757. The maximum Gasteiger partial charge on any atom is 0.269 e. The maximum atomic E-state index is 14.5. The van der Waals surface area contributed by atoms with Crippen LogP contribution in [0.3, 0.4) is 0 Å². The molecule has 0 aliphatic carbocycles. The van der Waals surface area contributed by atoms with Gasteiger partial charge in [0.1, 0.15) is 5.82 Å². The first-order valence-corrected chi connectivity index (χ1v) is 10.0. The average Bonchev–Trinajstić information content (AvgIpc) is 2.52. The number of hydrogen-bond donors (Lipinski definition) is 1. The first kappa shape index (κ1) is 22.5. The van der Waals surface area contributed by atoms with E-state index < -0.39 is 36.8 Å². The Labute approximate surface area is 160 Å². The average molecular weight is 402 g/mol. The molecule has 0 saturated carbocycles. The van der Waals surface area contributed by atoms with Crippen LogP contribution in [-0.2, 0) is 16.5 Å². The summed E-state index contributed by atoms with van der Waals surface area (Å²) in [4.78, 5) is 10.5. The molecule has 0 fully saturated rings. The number of halogens is 1. The molecular formula is C17H24FN3O3S2. The smallest absolute Gasteiger partial charge is 0.258 e. The van der Waals surface area contributed by atoms with Crippen molar-refractivity contribution in [3.63, 3.8) is 0 Å². The second kappa shape index (κ2) is 8.03. The second-order valence-electron chi connectivity index (χ2n) is 7.65. The largest absolute Gasteiger partial charge is 0.269 e. The molecule has 0 amide bonds. The van der Waals surface area contributed by atoms with Gasteiger partial charge in [-0.3, -0.25) is 10.1 Å². The van der Waals surface area contributed by atoms with Crippen LogP contribution < -0.4 is 4.72 Å². The Morgan fingerprint density at radius 3 is 2.35 bits per heavy atom. The van der Waals surface area contributed by atoms with Crippen molar-refractivity contribution >= 4 is 28.4 Å². The van der Waals surface area contributed by atoms with Gasteiger partial charge in [-0.2, -0.15) is 5.26 Å². The number of nitro groups is 1. The van der Waals surface area contributed by atoms with Crippen molar-refractivity contribution in [2.75, 3.05) is 5.75 Å². The highest BCUT2D eigenvalue weighted by atomic mass is 32.2. The van der Waals surface area contributed by atoms with E-state index in [2.05, 4.69) is 10.8 Å². The van der Waals surface area contributed by atoms with Gasteiger partial charge in [0.15, 0.2) is 0 Å². The molecule has 0 aliphatic heterocycles. The monoisotopic (exact) mass is 401 g/mol. The van der Waals surface area contributed by atoms with Crippen LogP contribution in [0.5, 0.6) is 0 Å².